The number of hydrogen-bond donors (Lipinski definition) is 0. The molecular weight excluding hydrogens is 384 g/mol. The summed E-state index contributed by atoms with van der Waals surface area (Å²) in [5.74, 6) is 0. The van der Waals surface area contributed by atoms with Crippen LogP contribution in [0.5, 0.6) is 0 Å². The molecule has 0 spiro atoms. The van der Waals surface area contributed by atoms with Crippen molar-refractivity contribution in [2.75, 3.05) is 66.5 Å². The molecule has 0 aliphatic carbocycles. The number of benzene rings is 2. The van der Waals surface area contributed by atoms with E-state index in [0.29, 0.717) is 0 Å². The van der Waals surface area contributed by atoms with Crippen molar-refractivity contribution >= 4 is 0 Å². The van der Waals surface area contributed by atoms with Crippen molar-refractivity contribution in [2.24, 2.45) is 0 Å². The molecular formula is C26H38N4O. The molecule has 5 nitrogen and oxygen atoms in total. The summed E-state index contributed by atoms with van der Waals surface area (Å²) in [5, 5.41) is 0. The minimum atomic E-state index is -0.517. The van der Waals surface area contributed by atoms with Crippen molar-refractivity contribution in [3.63, 3.8) is 0 Å². The smallest absolute Gasteiger partial charge is 0.147 e. The van der Waals surface area contributed by atoms with E-state index in [4.69, 9.17) is 4.74 Å². The molecule has 0 aromatic heterocycles. The first-order valence-corrected chi connectivity index (χ1v) is 11.6. The molecule has 0 saturated carbocycles. The van der Waals surface area contributed by atoms with Crippen molar-refractivity contribution in [3.05, 3.63) is 71.8 Å². The number of piperazine rings is 2. The summed E-state index contributed by atoms with van der Waals surface area (Å²) >= 11 is 0. The Labute approximate surface area is 188 Å². The standard InChI is InChI=1S/C26H38N4O/c1-25(23-11-7-5-8-12-23,29-19-15-27(3)16-20-29)31-26(2,24-13-9-6-10-14-24)30-21-17-28(4)18-22-30/h5-14H,15-22H2,1-4H3. The Morgan fingerprint density at radius 2 is 0.871 bits per heavy atom. The molecule has 2 fully saturated rings. The highest BCUT2D eigenvalue weighted by Crippen LogP contribution is 2.41. The number of likely N-dealkylation sites (N-methyl/N-ethyl adjacent to an activating group) is 2. The average Bonchev–Trinajstić information content (AvgIpc) is 2.81. The molecule has 2 aromatic carbocycles. The Hall–Kier alpha value is -1.76. The first-order chi connectivity index (χ1) is 14.9. The second kappa shape index (κ2) is 9.39. The van der Waals surface area contributed by atoms with Crippen molar-refractivity contribution in [1.82, 2.24) is 19.6 Å². The molecule has 0 N–H and O–H groups in total. The van der Waals surface area contributed by atoms with Crippen LogP contribution in [0.2, 0.25) is 0 Å². The van der Waals surface area contributed by atoms with Crippen molar-refractivity contribution < 1.29 is 4.74 Å². The Bertz CT molecular complexity index is 746. The molecule has 2 heterocycles. The first-order valence-electron chi connectivity index (χ1n) is 11.6. The summed E-state index contributed by atoms with van der Waals surface area (Å²) in [6.45, 7) is 12.8. The van der Waals surface area contributed by atoms with Gasteiger partial charge in [-0.3, -0.25) is 9.80 Å². The Kier molecular flexibility index (Phi) is 6.80. The van der Waals surface area contributed by atoms with Gasteiger partial charge in [-0.05, 0) is 39.1 Å². The molecule has 168 valence electrons. The molecule has 2 aromatic rings. The van der Waals surface area contributed by atoms with Gasteiger partial charge in [-0.2, -0.15) is 0 Å². The van der Waals surface area contributed by atoms with Gasteiger partial charge in [0.15, 0.2) is 0 Å². The molecule has 2 atom stereocenters. The van der Waals surface area contributed by atoms with E-state index < -0.39 is 11.4 Å². The van der Waals surface area contributed by atoms with Crippen LogP contribution < -0.4 is 0 Å². The van der Waals surface area contributed by atoms with Gasteiger partial charge in [0, 0.05) is 52.4 Å². The fraction of sp³-hybridized carbons (Fsp3) is 0.538. The minimum absolute atomic E-state index is 0.517. The number of nitrogens with zero attached hydrogens (tertiary/aromatic N) is 4. The molecule has 0 amide bonds. The highest BCUT2D eigenvalue weighted by Gasteiger charge is 2.46. The lowest BCUT2D eigenvalue weighted by atomic mass is 9.97. The highest BCUT2D eigenvalue weighted by molar-refractivity contribution is 5.25. The quantitative estimate of drug-likeness (QED) is 0.711. The van der Waals surface area contributed by atoms with E-state index in [1.165, 1.54) is 11.1 Å². The second-order valence-corrected chi connectivity index (χ2v) is 9.38. The summed E-state index contributed by atoms with van der Waals surface area (Å²) in [7, 11) is 4.41. The predicted octanol–water partition coefficient (Wildman–Crippen LogP) is 3.24. The number of rotatable bonds is 6. The maximum absolute atomic E-state index is 7.36. The predicted molar refractivity (Wildman–Crippen MR) is 127 cm³/mol. The van der Waals surface area contributed by atoms with Crippen LogP contribution in [0.25, 0.3) is 0 Å². The van der Waals surface area contributed by atoms with E-state index in [2.05, 4.69) is 108 Å². The highest BCUT2D eigenvalue weighted by atomic mass is 16.6. The molecule has 0 bridgehead atoms. The van der Waals surface area contributed by atoms with E-state index in [1.54, 1.807) is 0 Å². The minimum Gasteiger partial charge on any atom is -0.331 e. The number of ether oxygens (including phenoxy) is 1. The Morgan fingerprint density at radius 3 is 1.19 bits per heavy atom. The third-order valence-electron chi connectivity index (χ3n) is 7.23. The fourth-order valence-electron chi connectivity index (χ4n) is 4.96. The largest absolute Gasteiger partial charge is 0.331 e. The maximum atomic E-state index is 7.36. The van der Waals surface area contributed by atoms with Gasteiger partial charge in [0.05, 0.1) is 0 Å². The molecule has 2 aliphatic heterocycles. The van der Waals surface area contributed by atoms with Crippen LogP contribution in [0, 0.1) is 0 Å². The van der Waals surface area contributed by atoms with Gasteiger partial charge in [-0.1, -0.05) is 60.7 Å². The second-order valence-electron chi connectivity index (χ2n) is 9.38. The number of hydrogen-bond acceptors (Lipinski definition) is 5. The molecule has 0 radical (unpaired) electrons. The lowest BCUT2D eigenvalue weighted by Crippen LogP contribution is -2.61. The van der Waals surface area contributed by atoms with Gasteiger partial charge in [-0.15, -0.1) is 0 Å². The Balaban J connectivity index is 1.74. The van der Waals surface area contributed by atoms with Crippen molar-refractivity contribution in [2.45, 2.75) is 25.3 Å². The molecule has 2 unspecified atom stereocenters. The monoisotopic (exact) mass is 422 g/mol. The Morgan fingerprint density at radius 1 is 0.548 bits per heavy atom. The summed E-state index contributed by atoms with van der Waals surface area (Å²) < 4.78 is 7.36. The van der Waals surface area contributed by atoms with E-state index in [9.17, 15) is 0 Å². The van der Waals surface area contributed by atoms with Gasteiger partial charge in [0.1, 0.15) is 11.4 Å². The van der Waals surface area contributed by atoms with Gasteiger partial charge in [0.25, 0.3) is 0 Å². The first kappa shape index (κ1) is 22.4. The lowest BCUT2D eigenvalue weighted by molar-refractivity contribution is -0.285. The maximum Gasteiger partial charge on any atom is 0.147 e. The summed E-state index contributed by atoms with van der Waals surface area (Å²) in [6.07, 6.45) is 0. The van der Waals surface area contributed by atoms with Gasteiger partial charge >= 0.3 is 0 Å². The van der Waals surface area contributed by atoms with Crippen LogP contribution in [0.1, 0.15) is 25.0 Å². The zero-order chi connectivity index (χ0) is 21.9. The molecule has 2 aliphatic rings. The topological polar surface area (TPSA) is 22.2 Å². The van der Waals surface area contributed by atoms with Crippen molar-refractivity contribution in [3.8, 4) is 0 Å². The third-order valence-corrected chi connectivity index (χ3v) is 7.23. The fourth-order valence-corrected chi connectivity index (χ4v) is 4.96. The van der Waals surface area contributed by atoms with Gasteiger partial charge in [-0.25, -0.2) is 0 Å². The summed E-state index contributed by atoms with van der Waals surface area (Å²) in [6, 6.07) is 21.6. The zero-order valence-electron chi connectivity index (χ0n) is 19.6. The van der Waals surface area contributed by atoms with Crippen LogP contribution in [0.15, 0.2) is 60.7 Å². The lowest BCUT2D eigenvalue weighted by Gasteiger charge is -2.53. The van der Waals surface area contributed by atoms with Crippen molar-refractivity contribution in [1.29, 1.82) is 0 Å². The van der Waals surface area contributed by atoms with E-state index in [1.807, 2.05) is 0 Å². The van der Waals surface area contributed by atoms with Crippen LogP contribution in [-0.4, -0.2) is 86.1 Å². The van der Waals surface area contributed by atoms with E-state index >= 15 is 0 Å². The van der Waals surface area contributed by atoms with Gasteiger partial charge < -0.3 is 14.5 Å². The molecule has 4 rings (SSSR count). The molecule has 5 heteroatoms. The van der Waals surface area contributed by atoms with Gasteiger partial charge in [0.2, 0.25) is 0 Å². The molecule has 2 saturated heterocycles. The zero-order valence-corrected chi connectivity index (χ0v) is 19.6. The van der Waals surface area contributed by atoms with Crippen LogP contribution in [-0.2, 0) is 16.2 Å². The summed E-state index contributed by atoms with van der Waals surface area (Å²) in [4.78, 5) is 9.86. The molecule has 31 heavy (non-hydrogen) atoms. The average molecular weight is 423 g/mol. The summed E-state index contributed by atoms with van der Waals surface area (Å²) in [5.41, 5.74) is 1.40. The normalized spacial score (nSPS) is 23.9. The SMILES string of the molecule is CN1CCN(C(C)(OC(C)(c2ccccc2)N2CCN(C)CC2)c2ccccc2)CC1. The van der Waals surface area contributed by atoms with E-state index in [0.717, 1.165) is 52.4 Å². The van der Waals surface area contributed by atoms with Crippen LogP contribution in [0.3, 0.4) is 0 Å². The third kappa shape index (κ3) is 4.71. The van der Waals surface area contributed by atoms with E-state index in [-0.39, 0.29) is 0 Å². The van der Waals surface area contributed by atoms with Crippen LogP contribution >= 0.6 is 0 Å². The van der Waals surface area contributed by atoms with Crippen LogP contribution in [0.4, 0.5) is 0 Å².